The number of alkyl halides is 1. The van der Waals surface area contributed by atoms with E-state index in [0.29, 0.717) is 0 Å². The lowest BCUT2D eigenvalue weighted by atomic mass is 9.93. The molecule has 1 heterocycles. The van der Waals surface area contributed by atoms with Crippen LogP contribution < -0.4 is 0 Å². The number of carbonyl (C=O) groups excluding carboxylic acids is 1. The molecule has 0 radical (unpaired) electrons. The number of hydrogen-bond donors (Lipinski definition) is 0. The highest BCUT2D eigenvalue weighted by atomic mass is 35.5. The van der Waals surface area contributed by atoms with Crippen LogP contribution in [0.5, 0.6) is 0 Å². The van der Waals surface area contributed by atoms with E-state index < -0.39 is 0 Å². The number of hydrogen-bond acceptors (Lipinski definition) is 2. The van der Waals surface area contributed by atoms with E-state index in [1.54, 1.807) is 0 Å². The average molecular weight is 226 g/mol. The highest BCUT2D eigenvalue weighted by Crippen LogP contribution is 2.32. The van der Waals surface area contributed by atoms with Gasteiger partial charge in [0.05, 0.1) is 11.4 Å². The lowest BCUT2D eigenvalue weighted by Gasteiger charge is -2.37. The molecular weight excluding hydrogens is 210 g/mol. The summed E-state index contributed by atoms with van der Waals surface area (Å²) < 4.78 is 0. The van der Waals surface area contributed by atoms with Crippen LogP contribution in [0.3, 0.4) is 0 Å². The van der Waals surface area contributed by atoms with E-state index in [2.05, 4.69) is 11.0 Å². The van der Waals surface area contributed by atoms with E-state index in [9.17, 15) is 4.79 Å². The molecular formula is C12H16ClNO. The van der Waals surface area contributed by atoms with Gasteiger partial charge in [-0.2, -0.15) is 0 Å². The first-order chi connectivity index (χ1) is 7.22. The second-order valence-electron chi connectivity index (χ2n) is 4.24. The summed E-state index contributed by atoms with van der Waals surface area (Å²) >= 11 is 6.09. The molecule has 0 saturated heterocycles. The van der Waals surface area contributed by atoms with E-state index in [0.717, 1.165) is 32.1 Å². The summed E-state index contributed by atoms with van der Waals surface area (Å²) in [4.78, 5) is 13.0. The van der Waals surface area contributed by atoms with Crippen molar-refractivity contribution in [1.82, 2.24) is 4.90 Å². The van der Waals surface area contributed by atoms with Crippen molar-refractivity contribution in [1.29, 1.82) is 0 Å². The van der Waals surface area contributed by atoms with Crippen molar-refractivity contribution in [2.45, 2.75) is 37.6 Å². The molecule has 2 unspecified atom stereocenters. The zero-order chi connectivity index (χ0) is 10.8. The first-order valence-corrected chi connectivity index (χ1v) is 5.92. The van der Waals surface area contributed by atoms with E-state index in [4.69, 9.17) is 11.6 Å². The molecule has 0 aromatic carbocycles. The molecule has 2 aliphatic rings. The summed E-state index contributed by atoms with van der Waals surface area (Å²) in [6, 6.07) is -0.0215. The molecule has 0 amide bonds. The standard InChI is InChI=1S/C12H16ClNO/c1-9(8-15)14-6-2-3-10-7-11(13)4-5-12(10)14/h4-5,8-9,11H,2-3,6-7H2,1H3. The van der Waals surface area contributed by atoms with Gasteiger partial charge in [0.25, 0.3) is 0 Å². The first kappa shape index (κ1) is 10.7. The van der Waals surface area contributed by atoms with E-state index in [1.807, 2.05) is 13.0 Å². The molecule has 0 aromatic rings. The van der Waals surface area contributed by atoms with Gasteiger partial charge in [-0.25, -0.2) is 0 Å². The monoisotopic (exact) mass is 225 g/mol. The van der Waals surface area contributed by atoms with Gasteiger partial charge < -0.3 is 9.69 Å². The quantitative estimate of drug-likeness (QED) is 0.532. The summed E-state index contributed by atoms with van der Waals surface area (Å²) in [5, 5.41) is 0.134. The van der Waals surface area contributed by atoms with Crippen LogP contribution >= 0.6 is 11.6 Å². The minimum absolute atomic E-state index is 0.0215. The molecule has 0 N–H and O–H groups in total. The Morgan fingerprint density at radius 3 is 3.20 bits per heavy atom. The van der Waals surface area contributed by atoms with Gasteiger partial charge in [0.15, 0.2) is 0 Å². The Morgan fingerprint density at radius 1 is 1.67 bits per heavy atom. The van der Waals surface area contributed by atoms with Crippen molar-refractivity contribution < 1.29 is 4.79 Å². The van der Waals surface area contributed by atoms with Crippen molar-refractivity contribution in [3.8, 4) is 0 Å². The maximum absolute atomic E-state index is 10.8. The third kappa shape index (κ3) is 2.10. The smallest absolute Gasteiger partial charge is 0.142 e. The molecule has 1 aliphatic heterocycles. The van der Waals surface area contributed by atoms with Gasteiger partial charge in [0.2, 0.25) is 0 Å². The highest BCUT2D eigenvalue weighted by Gasteiger charge is 2.25. The summed E-state index contributed by atoms with van der Waals surface area (Å²) in [5.41, 5.74) is 2.65. The Morgan fingerprint density at radius 2 is 2.47 bits per heavy atom. The second-order valence-corrected chi connectivity index (χ2v) is 4.80. The van der Waals surface area contributed by atoms with Crippen LogP contribution in [-0.4, -0.2) is 29.1 Å². The molecule has 0 saturated carbocycles. The number of halogens is 1. The first-order valence-electron chi connectivity index (χ1n) is 5.48. The lowest BCUT2D eigenvalue weighted by Crippen LogP contribution is -2.37. The Hall–Kier alpha value is -0.760. The fraction of sp³-hybridized carbons (Fsp3) is 0.583. The number of aldehydes is 1. The van der Waals surface area contributed by atoms with Crippen molar-refractivity contribution in [3.05, 3.63) is 23.4 Å². The van der Waals surface area contributed by atoms with E-state index in [1.165, 1.54) is 11.3 Å². The third-order valence-electron chi connectivity index (χ3n) is 3.14. The molecule has 15 heavy (non-hydrogen) atoms. The molecule has 3 heteroatoms. The fourth-order valence-electron chi connectivity index (χ4n) is 2.33. The second kappa shape index (κ2) is 4.40. The Kier molecular flexibility index (Phi) is 3.15. The van der Waals surface area contributed by atoms with E-state index >= 15 is 0 Å². The van der Waals surface area contributed by atoms with Crippen LogP contribution in [-0.2, 0) is 4.79 Å². The Labute approximate surface area is 95.6 Å². The van der Waals surface area contributed by atoms with Crippen LogP contribution in [0.1, 0.15) is 26.2 Å². The fourth-order valence-corrected chi connectivity index (χ4v) is 2.59. The molecule has 2 nitrogen and oxygen atoms in total. The average Bonchev–Trinajstić information content (AvgIpc) is 2.26. The highest BCUT2D eigenvalue weighted by molar-refractivity contribution is 6.22. The van der Waals surface area contributed by atoms with Crippen LogP contribution in [0.4, 0.5) is 0 Å². The normalized spacial score (nSPS) is 27.6. The number of rotatable bonds is 2. The molecule has 1 aliphatic carbocycles. The molecule has 82 valence electrons. The summed E-state index contributed by atoms with van der Waals surface area (Å²) in [6.45, 7) is 2.93. The Balaban J connectivity index is 2.25. The maximum atomic E-state index is 10.8. The maximum Gasteiger partial charge on any atom is 0.142 e. The van der Waals surface area contributed by atoms with Crippen molar-refractivity contribution in [3.63, 3.8) is 0 Å². The molecule has 0 bridgehead atoms. The molecule has 0 spiro atoms. The molecule has 2 atom stereocenters. The van der Waals surface area contributed by atoms with Crippen LogP contribution in [0.15, 0.2) is 23.4 Å². The van der Waals surface area contributed by atoms with Gasteiger partial charge in [0, 0.05) is 12.2 Å². The summed E-state index contributed by atoms with van der Waals surface area (Å²) in [6.07, 6.45) is 8.32. The number of allylic oxidation sites excluding steroid dienone is 3. The predicted octanol–water partition coefficient (Wildman–Crippen LogP) is 2.49. The molecule has 0 fully saturated rings. The Bertz CT molecular complexity index is 322. The third-order valence-corrected chi connectivity index (χ3v) is 3.44. The van der Waals surface area contributed by atoms with Crippen LogP contribution in [0, 0.1) is 0 Å². The van der Waals surface area contributed by atoms with Gasteiger partial charge in [0.1, 0.15) is 6.29 Å². The predicted molar refractivity (Wildman–Crippen MR) is 61.9 cm³/mol. The van der Waals surface area contributed by atoms with Crippen molar-refractivity contribution in [2.75, 3.05) is 6.54 Å². The molecule has 2 rings (SSSR count). The van der Waals surface area contributed by atoms with Gasteiger partial charge in [-0.3, -0.25) is 0 Å². The van der Waals surface area contributed by atoms with Crippen LogP contribution in [0.25, 0.3) is 0 Å². The number of carbonyl (C=O) groups is 1. The minimum atomic E-state index is -0.0215. The number of nitrogens with zero attached hydrogens (tertiary/aromatic N) is 1. The van der Waals surface area contributed by atoms with Crippen LogP contribution in [0.2, 0.25) is 0 Å². The SMILES string of the molecule is CC(C=O)N1CCCC2=C1C=CC(Cl)C2. The molecule has 0 aromatic heterocycles. The van der Waals surface area contributed by atoms with Gasteiger partial charge in [-0.1, -0.05) is 6.08 Å². The summed E-state index contributed by atoms with van der Waals surface area (Å²) in [7, 11) is 0. The topological polar surface area (TPSA) is 20.3 Å². The largest absolute Gasteiger partial charge is 0.362 e. The van der Waals surface area contributed by atoms with Crippen molar-refractivity contribution >= 4 is 17.9 Å². The van der Waals surface area contributed by atoms with Gasteiger partial charge >= 0.3 is 0 Å². The van der Waals surface area contributed by atoms with Gasteiger partial charge in [-0.15, -0.1) is 11.6 Å². The van der Waals surface area contributed by atoms with Crippen molar-refractivity contribution in [2.24, 2.45) is 0 Å². The summed E-state index contributed by atoms with van der Waals surface area (Å²) in [5.74, 6) is 0. The van der Waals surface area contributed by atoms with E-state index in [-0.39, 0.29) is 11.4 Å². The zero-order valence-corrected chi connectivity index (χ0v) is 9.70. The zero-order valence-electron chi connectivity index (χ0n) is 8.95. The lowest BCUT2D eigenvalue weighted by molar-refractivity contribution is -0.111. The minimum Gasteiger partial charge on any atom is -0.362 e. The van der Waals surface area contributed by atoms with Gasteiger partial charge in [-0.05, 0) is 37.8 Å².